The van der Waals surface area contributed by atoms with Gasteiger partial charge in [-0.15, -0.1) is 0 Å². The van der Waals surface area contributed by atoms with Crippen molar-refractivity contribution in [1.29, 1.82) is 0 Å². The molecule has 0 saturated carbocycles. The van der Waals surface area contributed by atoms with Gasteiger partial charge in [0.15, 0.2) is 5.75 Å². The Morgan fingerprint density at radius 3 is 2.71 bits per heavy atom. The number of amides is 1. The highest BCUT2D eigenvalue weighted by molar-refractivity contribution is 9.10. The first-order chi connectivity index (χ1) is 9.83. The fourth-order valence-electron chi connectivity index (χ4n) is 1.47. The predicted molar refractivity (Wildman–Crippen MR) is 82.2 cm³/mol. The first kappa shape index (κ1) is 18.1. The molecule has 4 nitrogen and oxygen atoms in total. The van der Waals surface area contributed by atoms with E-state index in [4.69, 9.17) is 11.6 Å². The Morgan fingerprint density at radius 2 is 2.14 bits per heavy atom. The van der Waals surface area contributed by atoms with Gasteiger partial charge >= 0.3 is 6.61 Å². The van der Waals surface area contributed by atoms with E-state index in [2.05, 4.69) is 31.3 Å². The van der Waals surface area contributed by atoms with Gasteiger partial charge in [0.2, 0.25) is 5.91 Å². The number of hydrogen-bond donors (Lipinski definition) is 2. The number of carbonyl (C=O) groups is 1. The molecule has 0 bridgehead atoms. The number of alkyl halides is 2. The van der Waals surface area contributed by atoms with Crippen molar-refractivity contribution >= 4 is 39.1 Å². The summed E-state index contributed by atoms with van der Waals surface area (Å²) in [7, 11) is 0. The van der Waals surface area contributed by atoms with Gasteiger partial charge in [0.25, 0.3) is 0 Å². The van der Waals surface area contributed by atoms with Crippen molar-refractivity contribution < 1.29 is 18.3 Å². The van der Waals surface area contributed by atoms with E-state index in [9.17, 15) is 13.6 Å². The molecule has 0 aliphatic carbocycles. The molecule has 0 aromatic heterocycles. The fourth-order valence-corrected chi connectivity index (χ4v) is 2.37. The highest BCUT2D eigenvalue weighted by atomic mass is 79.9. The van der Waals surface area contributed by atoms with Crippen molar-refractivity contribution in [2.75, 3.05) is 11.9 Å². The summed E-state index contributed by atoms with van der Waals surface area (Å²) in [4.78, 5) is 11.8. The second kappa shape index (κ2) is 8.51. The minimum atomic E-state index is -3.00. The Labute approximate surface area is 135 Å². The van der Waals surface area contributed by atoms with Crippen LogP contribution in [0.25, 0.3) is 0 Å². The molecule has 0 aliphatic heterocycles. The molecule has 0 saturated heterocycles. The number of nitrogens with one attached hydrogen (secondary N) is 2. The summed E-state index contributed by atoms with van der Waals surface area (Å²) in [5.41, 5.74) is 0.0885. The largest absolute Gasteiger partial charge is 0.431 e. The average molecular weight is 386 g/mol. The van der Waals surface area contributed by atoms with Gasteiger partial charge in [-0.25, -0.2) is 0 Å². The third-order valence-corrected chi connectivity index (χ3v) is 3.52. The summed E-state index contributed by atoms with van der Waals surface area (Å²) in [5.74, 6) is -0.533. The molecule has 0 radical (unpaired) electrons. The molecular formula is C13H16BrClF2N2O2. The SMILES string of the molecule is CCC(C)NCC(=O)Nc1cc(Cl)cc(Br)c1OC(F)F. The van der Waals surface area contributed by atoms with E-state index in [1.54, 1.807) is 0 Å². The maximum Gasteiger partial charge on any atom is 0.387 e. The lowest BCUT2D eigenvalue weighted by atomic mass is 10.2. The van der Waals surface area contributed by atoms with Crippen molar-refractivity contribution in [3.63, 3.8) is 0 Å². The molecule has 0 heterocycles. The third-order valence-electron chi connectivity index (χ3n) is 2.71. The molecule has 1 amide bonds. The molecule has 2 N–H and O–H groups in total. The van der Waals surface area contributed by atoms with E-state index in [-0.39, 0.29) is 39.4 Å². The summed E-state index contributed by atoms with van der Waals surface area (Å²) in [6.45, 7) is 0.983. The zero-order valence-electron chi connectivity index (χ0n) is 11.6. The lowest BCUT2D eigenvalue weighted by Crippen LogP contribution is -2.34. The summed E-state index contributed by atoms with van der Waals surface area (Å²) >= 11 is 8.93. The van der Waals surface area contributed by atoms with Crippen molar-refractivity contribution in [3.05, 3.63) is 21.6 Å². The third kappa shape index (κ3) is 6.15. The average Bonchev–Trinajstić information content (AvgIpc) is 2.39. The minimum Gasteiger partial charge on any atom is -0.431 e. The normalized spacial score (nSPS) is 12.3. The molecule has 1 aromatic carbocycles. The second-order valence-corrected chi connectivity index (χ2v) is 5.67. The number of benzene rings is 1. The summed E-state index contributed by atoms with van der Waals surface area (Å²) < 4.78 is 29.5. The fraction of sp³-hybridized carbons (Fsp3) is 0.462. The lowest BCUT2D eigenvalue weighted by molar-refractivity contribution is -0.115. The van der Waals surface area contributed by atoms with Gasteiger partial charge in [0.1, 0.15) is 0 Å². The summed E-state index contributed by atoms with van der Waals surface area (Å²) in [6.07, 6.45) is 0.871. The molecule has 0 fully saturated rings. The van der Waals surface area contributed by atoms with Gasteiger partial charge in [0.05, 0.1) is 16.7 Å². The van der Waals surface area contributed by atoms with Gasteiger partial charge < -0.3 is 15.4 Å². The van der Waals surface area contributed by atoms with E-state index in [1.807, 2.05) is 13.8 Å². The molecular weight excluding hydrogens is 370 g/mol. The maximum atomic E-state index is 12.4. The minimum absolute atomic E-state index is 0.0628. The van der Waals surface area contributed by atoms with Gasteiger partial charge in [-0.3, -0.25) is 4.79 Å². The van der Waals surface area contributed by atoms with E-state index in [1.165, 1.54) is 12.1 Å². The molecule has 21 heavy (non-hydrogen) atoms. The van der Waals surface area contributed by atoms with Crippen LogP contribution in [0.4, 0.5) is 14.5 Å². The lowest BCUT2D eigenvalue weighted by Gasteiger charge is -2.15. The first-order valence-electron chi connectivity index (χ1n) is 6.30. The predicted octanol–water partition coefficient (Wildman–Crippen LogP) is 4.03. The standard InChI is InChI=1S/C13H16BrClF2N2O2/c1-3-7(2)18-6-11(20)19-10-5-8(15)4-9(14)12(10)21-13(16)17/h4-5,7,13,18H,3,6H2,1-2H3,(H,19,20). The molecule has 0 spiro atoms. The molecule has 1 aromatic rings. The van der Waals surface area contributed by atoms with Crippen LogP contribution in [0.5, 0.6) is 5.75 Å². The van der Waals surface area contributed by atoms with E-state index in [0.717, 1.165) is 6.42 Å². The molecule has 118 valence electrons. The van der Waals surface area contributed by atoms with Crippen LogP contribution < -0.4 is 15.4 Å². The molecule has 1 unspecified atom stereocenters. The number of anilines is 1. The van der Waals surface area contributed by atoms with Crippen molar-refractivity contribution in [1.82, 2.24) is 5.32 Å². The number of hydrogen-bond acceptors (Lipinski definition) is 3. The Kier molecular flexibility index (Phi) is 7.34. The van der Waals surface area contributed by atoms with Crippen LogP contribution in [0, 0.1) is 0 Å². The van der Waals surface area contributed by atoms with Gasteiger partial charge in [-0.2, -0.15) is 8.78 Å². The smallest absolute Gasteiger partial charge is 0.387 e. The van der Waals surface area contributed by atoms with Gasteiger partial charge in [-0.05, 0) is 41.4 Å². The zero-order chi connectivity index (χ0) is 16.0. The van der Waals surface area contributed by atoms with Gasteiger partial charge in [-0.1, -0.05) is 18.5 Å². The number of halogens is 4. The Morgan fingerprint density at radius 1 is 1.48 bits per heavy atom. The monoisotopic (exact) mass is 384 g/mol. The highest BCUT2D eigenvalue weighted by Gasteiger charge is 2.17. The van der Waals surface area contributed by atoms with E-state index in [0.29, 0.717) is 0 Å². The van der Waals surface area contributed by atoms with Gasteiger partial charge in [0, 0.05) is 11.1 Å². The summed E-state index contributed by atoms with van der Waals surface area (Å²) in [5, 5.41) is 5.78. The van der Waals surface area contributed by atoms with E-state index < -0.39 is 6.61 Å². The number of carbonyl (C=O) groups excluding carboxylic acids is 1. The molecule has 1 rings (SSSR count). The van der Waals surface area contributed by atoms with Crippen molar-refractivity contribution in [2.24, 2.45) is 0 Å². The van der Waals surface area contributed by atoms with Crippen LogP contribution in [-0.4, -0.2) is 25.1 Å². The number of rotatable bonds is 7. The zero-order valence-corrected chi connectivity index (χ0v) is 13.9. The topological polar surface area (TPSA) is 50.4 Å². The van der Waals surface area contributed by atoms with Crippen LogP contribution in [0.1, 0.15) is 20.3 Å². The quantitative estimate of drug-likeness (QED) is 0.745. The van der Waals surface area contributed by atoms with Crippen LogP contribution in [0.15, 0.2) is 16.6 Å². The molecule has 8 heteroatoms. The van der Waals surface area contributed by atoms with Crippen LogP contribution in [0.2, 0.25) is 5.02 Å². The maximum absolute atomic E-state index is 12.4. The number of ether oxygens (including phenoxy) is 1. The van der Waals surface area contributed by atoms with Crippen LogP contribution in [-0.2, 0) is 4.79 Å². The molecule has 0 aliphatic rings. The van der Waals surface area contributed by atoms with E-state index >= 15 is 0 Å². The molecule has 1 atom stereocenters. The highest BCUT2D eigenvalue weighted by Crippen LogP contribution is 2.37. The Hall–Kier alpha value is -0.920. The van der Waals surface area contributed by atoms with Crippen LogP contribution >= 0.6 is 27.5 Å². The Bertz CT molecular complexity index is 503. The second-order valence-electron chi connectivity index (χ2n) is 4.38. The van der Waals surface area contributed by atoms with Crippen molar-refractivity contribution in [2.45, 2.75) is 32.9 Å². The summed E-state index contributed by atoms with van der Waals surface area (Å²) in [6, 6.07) is 2.94. The Balaban J connectivity index is 2.83. The van der Waals surface area contributed by atoms with Crippen molar-refractivity contribution in [3.8, 4) is 5.75 Å². The first-order valence-corrected chi connectivity index (χ1v) is 7.47. The van der Waals surface area contributed by atoms with Crippen LogP contribution in [0.3, 0.4) is 0 Å².